The normalized spacial score (nSPS) is 10.4. The molecule has 0 fully saturated rings. The van der Waals surface area contributed by atoms with Gasteiger partial charge < -0.3 is 20.6 Å². The van der Waals surface area contributed by atoms with E-state index in [-0.39, 0.29) is 6.61 Å². The number of ether oxygens (including phenoxy) is 1. The van der Waals surface area contributed by atoms with Gasteiger partial charge in [-0.1, -0.05) is 0 Å². The summed E-state index contributed by atoms with van der Waals surface area (Å²) in [6.45, 7) is 1.33. The molecule has 18 heavy (non-hydrogen) atoms. The van der Waals surface area contributed by atoms with E-state index in [2.05, 4.69) is 9.72 Å². The molecular weight excluding hydrogens is 252 g/mol. The molecule has 0 unspecified atom stereocenters. The van der Waals surface area contributed by atoms with Crippen molar-refractivity contribution in [1.29, 1.82) is 0 Å². The van der Waals surface area contributed by atoms with Gasteiger partial charge in [-0.05, 0) is 16.8 Å². The summed E-state index contributed by atoms with van der Waals surface area (Å²) in [5.41, 5.74) is 3.44. The summed E-state index contributed by atoms with van der Waals surface area (Å²) in [6, 6.07) is 0.712. The third-order valence-corrected chi connectivity index (χ3v) is 1.94. The van der Waals surface area contributed by atoms with Crippen LogP contribution in [-0.4, -0.2) is 22.5 Å². The number of hydrogen-bond acceptors (Lipinski definition) is 6. The molecule has 0 atom stereocenters. The van der Waals surface area contributed by atoms with E-state index in [0.29, 0.717) is 6.07 Å². The molecule has 0 aromatic carbocycles. The topological polar surface area (TPSA) is 108 Å². The van der Waals surface area contributed by atoms with Crippen LogP contribution in [0.1, 0.15) is 29.3 Å². The van der Waals surface area contributed by atoms with Crippen LogP contribution >= 0.6 is 0 Å². The zero-order valence-corrected chi connectivity index (χ0v) is 9.22. The highest BCUT2D eigenvalue weighted by Crippen LogP contribution is 2.30. The Morgan fingerprint density at radius 1 is 1.67 bits per heavy atom. The first-order chi connectivity index (χ1) is 8.38. The van der Waals surface area contributed by atoms with E-state index in [1.165, 1.54) is 6.92 Å². The second-order valence-corrected chi connectivity index (χ2v) is 3.11. The van der Waals surface area contributed by atoms with Gasteiger partial charge >= 0.3 is 11.8 Å². The summed E-state index contributed by atoms with van der Waals surface area (Å²) in [6.07, 6.45) is -3.10. The van der Waals surface area contributed by atoms with E-state index in [1.807, 2.05) is 0 Å². The van der Waals surface area contributed by atoms with Crippen molar-refractivity contribution in [1.82, 2.24) is 4.98 Å². The van der Waals surface area contributed by atoms with Crippen LogP contribution in [0.15, 0.2) is 6.07 Å². The Kier molecular flexibility index (Phi) is 4.08. The number of nitrogens with zero attached hydrogens (tertiary/aromatic N) is 2. The van der Waals surface area contributed by atoms with Gasteiger partial charge in [0, 0.05) is 11.6 Å². The molecule has 9 heteroatoms. The fourth-order valence-electron chi connectivity index (χ4n) is 1.29. The fraction of sp³-hybridized carbons (Fsp3) is 0.333. The first kappa shape index (κ1) is 13.7. The molecular formula is C9H9F2N3O4. The number of anilines is 1. The monoisotopic (exact) mass is 261 g/mol. The maximum Gasteiger partial charge on any atom is 0.380 e. The summed E-state index contributed by atoms with van der Waals surface area (Å²) in [5, 5.41) is 10.7. The Morgan fingerprint density at radius 2 is 2.28 bits per heavy atom. The van der Waals surface area contributed by atoms with Gasteiger partial charge in [-0.2, -0.15) is 0 Å². The van der Waals surface area contributed by atoms with Crippen molar-refractivity contribution in [3.63, 3.8) is 0 Å². The molecule has 0 amide bonds. The zero-order valence-electron chi connectivity index (χ0n) is 9.22. The summed E-state index contributed by atoms with van der Waals surface area (Å²) >= 11 is 0. The Morgan fingerprint density at radius 3 is 2.72 bits per heavy atom. The van der Waals surface area contributed by atoms with Crippen molar-refractivity contribution in [2.24, 2.45) is 0 Å². The van der Waals surface area contributed by atoms with Gasteiger partial charge in [0.2, 0.25) is 5.82 Å². The van der Waals surface area contributed by atoms with E-state index in [1.54, 1.807) is 0 Å². The lowest BCUT2D eigenvalue weighted by Gasteiger charge is -2.08. The Balaban J connectivity index is 3.50. The van der Waals surface area contributed by atoms with Crippen molar-refractivity contribution in [2.75, 3.05) is 12.3 Å². The van der Waals surface area contributed by atoms with Crippen molar-refractivity contribution in [2.45, 2.75) is 13.3 Å². The second kappa shape index (κ2) is 5.34. The molecule has 2 N–H and O–H groups in total. The van der Waals surface area contributed by atoms with Gasteiger partial charge in [0.1, 0.15) is 0 Å². The maximum absolute atomic E-state index is 12.7. The van der Waals surface area contributed by atoms with E-state index in [9.17, 15) is 23.7 Å². The Bertz CT molecular complexity index is 493. The first-order valence-electron chi connectivity index (χ1n) is 4.78. The second-order valence-electron chi connectivity index (χ2n) is 3.11. The highest BCUT2D eigenvalue weighted by atomic mass is 19.3. The van der Waals surface area contributed by atoms with Crippen molar-refractivity contribution in [3.8, 4) is 0 Å². The van der Waals surface area contributed by atoms with Gasteiger partial charge in [-0.25, -0.2) is 13.6 Å². The van der Waals surface area contributed by atoms with Crippen LogP contribution in [0.3, 0.4) is 0 Å². The quantitative estimate of drug-likeness (QED) is 0.501. The van der Waals surface area contributed by atoms with Gasteiger partial charge in [0.15, 0.2) is 5.56 Å². The van der Waals surface area contributed by atoms with Gasteiger partial charge in [0.25, 0.3) is 6.43 Å². The standard InChI is InChI=1S/C9H9F2N3O4/c1-2-18-9(15)6-4(7(10)11)3-5(12)13-8(6)14(16)17/h3,7H,2H2,1H3,(H2,12,13). The highest BCUT2D eigenvalue weighted by molar-refractivity contribution is 5.95. The minimum absolute atomic E-state index is 0.108. The molecule has 0 radical (unpaired) electrons. The van der Waals surface area contributed by atoms with Gasteiger partial charge in [-0.3, -0.25) is 0 Å². The van der Waals surface area contributed by atoms with Crippen molar-refractivity contribution >= 4 is 17.6 Å². The number of pyridine rings is 1. The van der Waals surface area contributed by atoms with Crippen LogP contribution in [-0.2, 0) is 4.74 Å². The van der Waals surface area contributed by atoms with E-state index >= 15 is 0 Å². The number of esters is 1. The Labute approximate surface area is 99.7 Å². The number of alkyl halides is 2. The summed E-state index contributed by atoms with van der Waals surface area (Å²) < 4.78 is 30.0. The third kappa shape index (κ3) is 2.67. The van der Waals surface area contributed by atoms with Crippen molar-refractivity contribution in [3.05, 3.63) is 27.3 Å². The van der Waals surface area contributed by atoms with Gasteiger partial charge in [-0.15, -0.1) is 0 Å². The molecule has 1 aromatic heterocycles. The summed E-state index contributed by atoms with van der Waals surface area (Å²) in [7, 11) is 0. The number of hydrogen-bond donors (Lipinski definition) is 1. The van der Waals surface area contributed by atoms with Crippen LogP contribution in [0, 0.1) is 10.1 Å². The van der Waals surface area contributed by atoms with Crippen LogP contribution in [0.25, 0.3) is 0 Å². The van der Waals surface area contributed by atoms with Gasteiger partial charge in [0.05, 0.1) is 6.61 Å². The van der Waals surface area contributed by atoms with Crippen LogP contribution in [0.2, 0.25) is 0 Å². The average Bonchev–Trinajstić information content (AvgIpc) is 2.27. The number of carbonyl (C=O) groups excluding carboxylic acids is 1. The minimum atomic E-state index is -3.10. The maximum atomic E-state index is 12.7. The minimum Gasteiger partial charge on any atom is -0.462 e. The van der Waals surface area contributed by atoms with E-state index in [0.717, 1.165) is 0 Å². The lowest BCUT2D eigenvalue weighted by atomic mass is 10.1. The molecule has 0 aliphatic rings. The number of aromatic nitrogens is 1. The van der Waals surface area contributed by atoms with Crippen LogP contribution < -0.4 is 5.73 Å². The number of nitro groups is 1. The molecule has 0 saturated carbocycles. The number of halogens is 2. The van der Waals surface area contributed by atoms with E-state index < -0.39 is 40.1 Å². The molecule has 7 nitrogen and oxygen atoms in total. The summed E-state index contributed by atoms with van der Waals surface area (Å²) in [4.78, 5) is 24.4. The predicted octanol–water partition coefficient (Wildman–Crippen LogP) is 1.69. The number of nitrogens with two attached hydrogens (primary N) is 1. The molecule has 0 spiro atoms. The lowest BCUT2D eigenvalue weighted by molar-refractivity contribution is -0.389. The molecule has 1 aromatic rings. The predicted molar refractivity (Wildman–Crippen MR) is 56.2 cm³/mol. The molecule has 1 rings (SSSR count). The third-order valence-electron chi connectivity index (χ3n) is 1.94. The zero-order chi connectivity index (χ0) is 13.9. The van der Waals surface area contributed by atoms with Crippen LogP contribution in [0.5, 0.6) is 0 Å². The average molecular weight is 261 g/mol. The number of rotatable bonds is 4. The smallest absolute Gasteiger partial charge is 0.380 e. The molecule has 1 heterocycles. The molecule has 0 bridgehead atoms. The Hall–Kier alpha value is -2.32. The molecule has 0 saturated heterocycles. The van der Waals surface area contributed by atoms with E-state index in [4.69, 9.17) is 5.73 Å². The largest absolute Gasteiger partial charge is 0.462 e. The van der Waals surface area contributed by atoms with Crippen molar-refractivity contribution < 1.29 is 23.2 Å². The first-order valence-corrected chi connectivity index (χ1v) is 4.78. The number of carbonyl (C=O) groups is 1. The molecule has 98 valence electrons. The highest BCUT2D eigenvalue weighted by Gasteiger charge is 2.32. The molecule has 0 aliphatic heterocycles. The fourth-order valence-corrected chi connectivity index (χ4v) is 1.29. The van der Waals surface area contributed by atoms with Crippen LogP contribution in [0.4, 0.5) is 20.4 Å². The summed E-state index contributed by atoms with van der Waals surface area (Å²) in [5.74, 6) is -2.74. The number of nitrogen functional groups attached to an aromatic ring is 1. The SMILES string of the molecule is CCOC(=O)c1c(C(F)F)cc(N)nc1[N+](=O)[O-]. The lowest BCUT2D eigenvalue weighted by Crippen LogP contribution is -2.14. The molecule has 0 aliphatic carbocycles.